The molecule has 0 bridgehead atoms. The van der Waals surface area contributed by atoms with E-state index in [0.717, 1.165) is 11.6 Å². The number of rotatable bonds is 4. The third-order valence-corrected chi connectivity index (χ3v) is 2.92. The van der Waals surface area contributed by atoms with Crippen LogP contribution in [0.5, 0.6) is 5.75 Å². The molecule has 0 heterocycles. The van der Waals surface area contributed by atoms with Gasteiger partial charge in [0.05, 0.1) is 0 Å². The Kier molecular flexibility index (Phi) is 5.59. The Bertz CT molecular complexity index is 657. The Hall–Kier alpha value is -2.05. The summed E-state index contributed by atoms with van der Waals surface area (Å²) >= 11 is 5.54. The molecule has 0 aromatic heterocycles. The van der Waals surface area contributed by atoms with Crippen LogP contribution in [-0.2, 0) is 6.61 Å². The second-order valence-electron chi connectivity index (χ2n) is 4.27. The fourth-order valence-corrected chi connectivity index (χ4v) is 1.76. The molecule has 4 heteroatoms. The summed E-state index contributed by atoms with van der Waals surface area (Å²) in [4.78, 5) is 0. The van der Waals surface area contributed by atoms with Crippen molar-refractivity contribution in [3.8, 4) is 17.6 Å². The minimum Gasteiger partial charge on any atom is -0.489 e. The predicted octanol–water partition coefficient (Wildman–Crippen LogP) is 4.52. The fraction of sp³-hybridized carbons (Fsp3) is 0.176. The van der Waals surface area contributed by atoms with E-state index in [1.807, 2.05) is 0 Å². The van der Waals surface area contributed by atoms with Gasteiger partial charge in [0.15, 0.2) is 11.6 Å². The van der Waals surface area contributed by atoms with E-state index >= 15 is 0 Å². The van der Waals surface area contributed by atoms with Crippen molar-refractivity contribution in [2.75, 3.05) is 5.88 Å². The van der Waals surface area contributed by atoms with E-state index in [1.165, 1.54) is 12.1 Å². The van der Waals surface area contributed by atoms with Crippen molar-refractivity contribution in [1.29, 1.82) is 0 Å². The summed E-state index contributed by atoms with van der Waals surface area (Å²) in [5, 5.41) is 0. The molecule has 21 heavy (non-hydrogen) atoms. The molecule has 0 aliphatic carbocycles. The van der Waals surface area contributed by atoms with Gasteiger partial charge in [-0.15, -0.1) is 11.6 Å². The van der Waals surface area contributed by atoms with Crippen LogP contribution in [0.25, 0.3) is 0 Å². The molecular formula is C17H13ClF2O. The van der Waals surface area contributed by atoms with E-state index in [4.69, 9.17) is 16.3 Å². The third kappa shape index (κ3) is 4.47. The number of ether oxygens (including phenoxy) is 1. The lowest BCUT2D eigenvalue weighted by Gasteiger charge is -2.07. The monoisotopic (exact) mass is 306 g/mol. The van der Waals surface area contributed by atoms with Crippen molar-refractivity contribution in [2.24, 2.45) is 0 Å². The summed E-state index contributed by atoms with van der Waals surface area (Å²) < 4.78 is 31.9. The van der Waals surface area contributed by atoms with E-state index < -0.39 is 11.6 Å². The molecule has 0 N–H and O–H groups in total. The molecule has 2 rings (SSSR count). The quantitative estimate of drug-likeness (QED) is 0.596. The van der Waals surface area contributed by atoms with Crippen LogP contribution in [0.1, 0.15) is 17.5 Å². The lowest BCUT2D eigenvalue weighted by Crippen LogP contribution is -2.00. The molecule has 0 spiro atoms. The maximum absolute atomic E-state index is 13.5. The molecule has 0 unspecified atom stereocenters. The van der Waals surface area contributed by atoms with E-state index in [9.17, 15) is 8.78 Å². The average Bonchev–Trinajstić information content (AvgIpc) is 2.50. The summed E-state index contributed by atoms with van der Waals surface area (Å²) in [6.45, 7) is -0.0269. The lowest BCUT2D eigenvalue weighted by atomic mass is 10.2. The molecule has 0 aliphatic heterocycles. The maximum Gasteiger partial charge on any atom is 0.165 e. The number of hydrogen-bond donors (Lipinski definition) is 0. The van der Waals surface area contributed by atoms with Gasteiger partial charge in [0, 0.05) is 23.4 Å². The molecular weight excluding hydrogens is 294 g/mol. The first-order valence-corrected chi connectivity index (χ1v) is 6.95. The van der Waals surface area contributed by atoms with Crippen molar-refractivity contribution < 1.29 is 13.5 Å². The van der Waals surface area contributed by atoms with Gasteiger partial charge in [0.2, 0.25) is 0 Å². The first kappa shape index (κ1) is 15.3. The second-order valence-corrected chi connectivity index (χ2v) is 4.64. The smallest absolute Gasteiger partial charge is 0.165 e. The van der Waals surface area contributed by atoms with Crippen molar-refractivity contribution in [1.82, 2.24) is 0 Å². The van der Waals surface area contributed by atoms with Gasteiger partial charge in [-0.2, -0.15) is 0 Å². The molecule has 1 nitrogen and oxygen atoms in total. The van der Waals surface area contributed by atoms with Gasteiger partial charge in [0.1, 0.15) is 12.4 Å². The standard InChI is InChI=1S/C17H13ClF2O/c18-11-2-1-4-13-7-9-15(10-8-13)21-12-14-5-3-6-16(19)17(14)20/h3,5-10H,2,11-12H2. The Balaban J connectivity index is 1.98. The highest BCUT2D eigenvalue weighted by atomic mass is 35.5. The van der Waals surface area contributed by atoms with Gasteiger partial charge in [-0.25, -0.2) is 8.78 Å². The molecule has 2 aromatic carbocycles. The molecule has 0 saturated heterocycles. The number of halogens is 3. The zero-order valence-corrected chi connectivity index (χ0v) is 12.0. The van der Waals surface area contributed by atoms with Crippen LogP contribution in [0.4, 0.5) is 8.78 Å². The maximum atomic E-state index is 13.5. The first-order chi connectivity index (χ1) is 10.2. The fourth-order valence-electron chi connectivity index (χ4n) is 1.67. The van der Waals surface area contributed by atoms with Crippen LogP contribution >= 0.6 is 11.6 Å². The highest BCUT2D eigenvalue weighted by Gasteiger charge is 2.07. The SMILES string of the molecule is Fc1cccc(COc2ccc(C#CCCCl)cc2)c1F. The molecule has 0 atom stereocenters. The van der Waals surface area contributed by atoms with Crippen molar-refractivity contribution in [3.63, 3.8) is 0 Å². The van der Waals surface area contributed by atoms with Gasteiger partial charge in [0.25, 0.3) is 0 Å². The Morgan fingerprint density at radius 1 is 1.05 bits per heavy atom. The van der Waals surface area contributed by atoms with Crippen LogP contribution in [-0.4, -0.2) is 5.88 Å². The Labute approximate surface area is 127 Å². The highest BCUT2D eigenvalue weighted by molar-refractivity contribution is 6.18. The molecule has 0 saturated carbocycles. The van der Waals surface area contributed by atoms with Gasteiger partial charge in [-0.05, 0) is 30.3 Å². The molecule has 0 fully saturated rings. The van der Waals surface area contributed by atoms with Crippen LogP contribution in [0.15, 0.2) is 42.5 Å². The van der Waals surface area contributed by atoms with Gasteiger partial charge >= 0.3 is 0 Å². The van der Waals surface area contributed by atoms with Crippen LogP contribution in [0.3, 0.4) is 0 Å². The highest BCUT2D eigenvalue weighted by Crippen LogP contribution is 2.16. The minimum absolute atomic E-state index is 0.0269. The van der Waals surface area contributed by atoms with E-state index in [1.54, 1.807) is 24.3 Å². The number of alkyl halides is 1. The summed E-state index contributed by atoms with van der Waals surface area (Å²) in [5.74, 6) is 5.22. The van der Waals surface area contributed by atoms with Crippen molar-refractivity contribution in [3.05, 3.63) is 65.2 Å². The molecule has 108 valence electrons. The molecule has 0 amide bonds. The van der Waals surface area contributed by atoms with Gasteiger partial charge in [-0.1, -0.05) is 24.0 Å². The average molecular weight is 307 g/mol. The molecule has 0 radical (unpaired) electrons. The van der Waals surface area contributed by atoms with Gasteiger partial charge in [-0.3, -0.25) is 0 Å². The van der Waals surface area contributed by atoms with Crippen LogP contribution in [0, 0.1) is 23.5 Å². The first-order valence-electron chi connectivity index (χ1n) is 6.41. The van der Waals surface area contributed by atoms with E-state index in [-0.39, 0.29) is 12.2 Å². The largest absolute Gasteiger partial charge is 0.489 e. The van der Waals surface area contributed by atoms with Crippen LogP contribution < -0.4 is 4.74 Å². The molecule has 2 aromatic rings. The normalized spacial score (nSPS) is 9.86. The summed E-state index contributed by atoms with van der Waals surface area (Å²) in [6, 6.07) is 11.1. The van der Waals surface area contributed by atoms with Crippen LogP contribution in [0.2, 0.25) is 0 Å². The Morgan fingerprint density at radius 2 is 1.81 bits per heavy atom. The zero-order chi connectivity index (χ0) is 15.1. The summed E-state index contributed by atoms with van der Waals surface area (Å²) in [5.41, 5.74) is 1.03. The zero-order valence-electron chi connectivity index (χ0n) is 11.2. The lowest BCUT2D eigenvalue weighted by molar-refractivity contribution is 0.297. The topological polar surface area (TPSA) is 9.23 Å². The summed E-state index contributed by atoms with van der Waals surface area (Å²) in [7, 11) is 0. The minimum atomic E-state index is -0.874. The molecule has 0 aliphatic rings. The van der Waals surface area contributed by atoms with Gasteiger partial charge < -0.3 is 4.74 Å². The number of hydrogen-bond acceptors (Lipinski definition) is 1. The number of benzene rings is 2. The van der Waals surface area contributed by atoms with E-state index in [2.05, 4.69) is 11.8 Å². The summed E-state index contributed by atoms with van der Waals surface area (Å²) in [6.07, 6.45) is 0.638. The second kappa shape index (κ2) is 7.66. The van der Waals surface area contributed by atoms with E-state index in [0.29, 0.717) is 18.1 Å². The van der Waals surface area contributed by atoms with Crippen molar-refractivity contribution >= 4 is 11.6 Å². The predicted molar refractivity (Wildman–Crippen MR) is 79.3 cm³/mol. The third-order valence-electron chi connectivity index (χ3n) is 2.73. The Morgan fingerprint density at radius 3 is 2.52 bits per heavy atom. The van der Waals surface area contributed by atoms with Crippen molar-refractivity contribution in [2.45, 2.75) is 13.0 Å².